The maximum atomic E-state index is 6.55. The van der Waals surface area contributed by atoms with E-state index in [0.29, 0.717) is 11.4 Å². The molecule has 131 heavy (non-hydrogen) atoms. The molecular formula is C117H69N9OS4. The van der Waals surface area contributed by atoms with Crippen molar-refractivity contribution in [1.82, 2.24) is 43.6 Å². The zero-order chi connectivity index (χ0) is 86.0. The van der Waals surface area contributed by atoms with E-state index < -0.39 is 0 Å². The molecule has 0 fully saturated rings. The predicted molar refractivity (Wildman–Crippen MR) is 554 cm³/mol. The minimum atomic E-state index is -0.276. The van der Waals surface area contributed by atoms with Gasteiger partial charge in [-0.25, -0.2) is 29.9 Å². The van der Waals surface area contributed by atoms with E-state index >= 15 is 0 Å². The third-order valence-corrected chi connectivity index (χ3v) is 31.5. The molecule has 1 aliphatic rings. The van der Waals surface area contributed by atoms with E-state index in [1.54, 1.807) is 11.3 Å². The van der Waals surface area contributed by atoms with Crippen molar-refractivity contribution in [2.45, 2.75) is 19.3 Å². The summed E-state index contributed by atoms with van der Waals surface area (Å²) >= 11 is 7.26. The van der Waals surface area contributed by atoms with Gasteiger partial charge in [-0.05, 0) is 183 Å². The first-order chi connectivity index (χ1) is 64.7. The van der Waals surface area contributed by atoms with E-state index in [0.717, 1.165) is 111 Å². The van der Waals surface area contributed by atoms with Crippen molar-refractivity contribution in [2.24, 2.45) is 0 Å². The number of aromatic nitrogens is 9. The van der Waals surface area contributed by atoms with Crippen LogP contribution in [-0.4, -0.2) is 43.6 Å². The average molecular weight is 1750 g/mol. The van der Waals surface area contributed by atoms with Gasteiger partial charge in [-0.15, -0.1) is 45.3 Å². The number of thiophene rings is 4. The van der Waals surface area contributed by atoms with Crippen LogP contribution < -0.4 is 0 Å². The molecule has 1 aliphatic carbocycles. The van der Waals surface area contributed by atoms with Crippen molar-refractivity contribution in [1.29, 1.82) is 0 Å². The minimum Gasteiger partial charge on any atom is -0.450 e. The Kier molecular flexibility index (Phi) is 16.2. The van der Waals surface area contributed by atoms with Crippen LogP contribution in [0.15, 0.2) is 387 Å². The summed E-state index contributed by atoms with van der Waals surface area (Å²) in [6.45, 7) is 4.63. The number of hydrogen-bond donors (Lipinski definition) is 0. The SMILES string of the molecule is CC1(C)c2ccccc2-c2nc(-c3ccc4sc5ccccc5c4c3)nc(-n3c4ccccc4c4cc5ccccc5cc43)c21.c1ccc2cc3c(cc2c1)c1ccccc1n3-c1nc(-c2ccc3sc4ccccc4c3c2)nc2c1oc1ccccc12.c1ccc2cc3c(cc2c1)c1ccccc1n3-c1nc(-c2ccc3sc4ccccc4c3c2)nc2c1sc1ccccc12. The second kappa shape index (κ2) is 28.5. The highest BCUT2D eigenvalue weighted by Crippen LogP contribution is 2.53. The van der Waals surface area contributed by atoms with Crippen LogP contribution in [-0.2, 0) is 5.41 Å². The summed E-state index contributed by atoms with van der Waals surface area (Å²) in [5.41, 5.74) is 17.5. The molecule has 0 N–H and O–H groups in total. The third-order valence-electron chi connectivity index (χ3n) is 26.9. The average Bonchev–Trinajstić information content (AvgIpc) is 1.55. The van der Waals surface area contributed by atoms with Crippen molar-refractivity contribution in [3.63, 3.8) is 0 Å². The first-order valence-electron chi connectivity index (χ1n) is 44.1. The van der Waals surface area contributed by atoms with Crippen LogP contribution >= 0.6 is 45.3 Å². The van der Waals surface area contributed by atoms with Gasteiger partial charge in [0, 0.05) is 142 Å². The molecule has 612 valence electrons. The Bertz CT molecular complexity index is 9610. The van der Waals surface area contributed by atoms with Gasteiger partial charge in [0.2, 0.25) is 0 Å². The molecule has 30 rings (SSSR count). The molecule has 0 atom stereocenters. The van der Waals surface area contributed by atoms with E-state index in [-0.39, 0.29) is 5.41 Å². The molecule has 0 aliphatic heterocycles. The second-order valence-corrected chi connectivity index (χ2v) is 39.0. The molecule has 11 heterocycles. The molecule has 29 aromatic rings. The molecule has 0 bridgehead atoms. The largest absolute Gasteiger partial charge is 0.450 e. The first-order valence-corrected chi connectivity index (χ1v) is 47.4. The highest BCUT2D eigenvalue weighted by Gasteiger charge is 2.41. The molecule has 0 saturated carbocycles. The van der Waals surface area contributed by atoms with Gasteiger partial charge >= 0.3 is 0 Å². The fourth-order valence-electron chi connectivity index (χ4n) is 20.8. The number of furan rings is 1. The molecule has 0 spiro atoms. The Hall–Kier alpha value is -15.9. The van der Waals surface area contributed by atoms with Gasteiger partial charge in [-0.3, -0.25) is 13.7 Å². The van der Waals surface area contributed by atoms with Gasteiger partial charge in [0.25, 0.3) is 0 Å². The van der Waals surface area contributed by atoms with Gasteiger partial charge in [-0.1, -0.05) is 250 Å². The molecular weight excluding hydrogens is 1680 g/mol. The summed E-state index contributed by atoms with van der Waals surface area (Å²) in [6, 6.07) is 137. The fourth-order valence-corrected chi connectivity index (χ4v) is 25.2. The first kappa shape index (κ1) is 74.2. The minimum absolute atomic E-state index is 0.276. The van der Waals surface area contributed by atoms with Crippen LogP contribution in [0.1, 0.15) is 25.0 Å². The van der Waals surface area contributed by atoms with E-state index in [4.69, 9.17) is 34.3 Å². The zero-order valence-electron chi connectivity index (χ0n) is 70.4. The van der Waals surface area contributed by atoms with Crippen molar-refractivity contribution in [3.05, 3.63) is 393 Å². The Morgan fingerprint density at radius 1 is 0.244 bits per heavy atom. The molecule has 0 amide bonds. The smallest absolute Gasteiger partial charge is 0.197 e. The molecule has 0 radical (unpaired) electrons. The van der Waals surface area contributed by atoms with Crippen molar-refractivity contribution >= 4 is 246 Å². The summed E-state index contributed by atoms with van der Waals surface area (Å²) in [5.74, 6) is 4.80. The van der Waals surface area contributed by atoms with Crippen LogP contribution in [0.2, 0.25) is 0 Å². The number of hydrogen-bond acceptors (Lipinski definition) is 11. The highest BCUT2D eigenvalue weighted by molar-refractivity contribution is 7.27. The number of fused-ring (bicyclic) bond motifs is 30. The summed E-state index contributed by atoms with van der Waals surface area (Å²) < 4.78 is 23.6. The molecule has 0 unspecified atom stereocenters. The number of para-hydroxylation sites is 4. The van der Waals surface area contributed by atoms with Gasteiger partial charge in [0.1, 0.15) is 16.9 Å². The van der Waals surface area contributed by atoms with Crippen molar-refractivity contribution < 1.29 is 4.42 Å². The second-order valence-electron chi connectivity index (χ2n) is 34.7. The number of nitrogens with zero attached hydrogens (tertiary/aromatic N) is 9. The maximum absolute atomic E-state index is 6.55. The van der Waals surface area contributed by atoms with Gasteiger partial charge < -0.3 is 4.42 Å². The van der Waals surface area contributed by atoms with Gasteiger partial charge in [0.15, 0.2) is 34.7 Å². The van der Waals surface area contributed by atoms with Crippen molar-refractivity contribution in [2.75, 3.05) is 0 Å². The van der Waals surface area contributed by atoms with Crippen LogP contribution in [0.4, 0.5) is 0 Å². The van der Waals surface area contributed by atoms with Crippen LogP contribution in [0.25, 0.3) is 263 Å². The quantitative estimate of drug-likeness (QED) is 0.163. The summed E-state index contributed by atoms with van der Waals surface area (Å²) in [7, 11) is 0. The standard InChI is InChI=1S/C41H27N3S.C38H21N3OS.C38H21N3S2/c1-41(2)32-16-8-5-15-29(32)38-37(41)40(43-39(42-38)26-19-20-36-31(22-26)28-14-7-10-18-35(28)45-36)44-33-17-9-6-13-27(33)30-21-24-11-3-4-12-25(24)23-34(30)44;1-2-10-23-21-31-28(19-22(23)9-1)25-11-3-6-14-30(25)41(31)38-36-35(27-13-4-7-15-32(27)42-36)39-37(40-38)24-17-18-34-29(20-24)26-12-5-8-16-33(26)43-34;1-2-10-23-21-31-28(19-22(23)9-1)25-11-3-6-14-30(25)41(31)38-36-35(27-13-5-8-16-33(27)43-36)39-37(40-38)24-17-18-34-29(20-24)26-12-4-7-15-32(26)42-34/h3-23H,1-2H3;2*1-21H. The molecule has 14 heteroatoms. The lowest BCUT2D eigenvalue weighted by Gasteiger charge is -2.24. The normalized spacial score (nSPS) is 12.7. The lowest BCUT2D eigenvalue weighted by molar-refractivity contribution is 0.650. The molecule has 0 saturated heterocycles. The maximum Gasteiger partial charge on any atom is 0.197 e. The molecule has 11 aromatic heterocycles. The predicted octanol–water partition coefficient (Wildman–Crippen LogP) is 32.9. The lowest BCUT2D eigenvalue weighted by atomic mass is 9.82. The van der Waals surface area contributed by atoms with Crippen LogP contribution in [0.5, 0.6) is 0 Å². The van der Waals surface area contributed by atoms with E-state index in [1.165, 1.54) is 152 Å². The number of rotatable bonds is 6. The van der Waals surface area contributed by atoms with E-state index in [1.807, 2.05) is 52.2 Å². The van der Waals surface area contributed by atoms with E-state index in [2.05, 4.69) is 392 Å². The van der Waals surface area contributed by atoms with Gasteiger partial charge in [0.05, 0.1) is 49.0 Å². The summed E-state index contributed by atoms with van der Waals surface area (Å²) in [5, 5.41) is 24.3. The van der Waals surface area contributed by atoms with Gasteiger partial charge in [-0.2, -0.15) is 0 Å². The summed E-state index contributed by atoms with van der Waals surface area (Å²) in [6.07, 6.45) is 0. The highest BCUT2D eigenvalue weighted by atomic mass is 32.1. The Morgan fingerprint density at radius 2 is 0.588 bits per heavy atom. The van der Waals surface area contributed by atoms with Crippen molar-refractivity contribution in [3.8, 4) is 62.9 Å². The molecule has 10 nitrogen and oxygen atoms in total. The Labute approximate surface area is 763 Å². The fraction of sp³-hybridized carbons (Fsp3) is 0.0256. The third kappa shape index (κ3) is 11.4. The molecule has 18 aromatic carbocycles. The van der Waals surface area contributed by atoms with Crippen LogP contribution in [0, 0.1) is 0 Å². The lowest BCUT2D eigenvalue weighted by Crippen LogP contribution is -2.19. The Balaban J connectivity index is 0.0000000986. The monoisotopic (exact) mass is 1740 g/mol. The Morgan fingerprint density at radius 3 is 1.07 bits per heavy atom. The summed E-state index contributed by atoms with van der Waals surface area (Å²) in [4.78, 5) is 32.1. The van der Waals surface area contributed by atoms with E-state index in [9.17, 15) is 0 Å². The number of benzene rings is 18. The van der Waals surface area contributed by atoms with Crippen LogP contribution in [0.3, 0.4) is 0 Å². The topological polar surface area (TPSA) is 105 Å². The zero-order valence-corrected chi connectivity index (χ0v) is 73.7.